The molecule has 25 heavy (non-hydrogen) atoms. The molecule has 1 saturated heterocycles. The molecule has 6 heteroatoms. The van der Waals surface area contributed by atoms with Crippen LogP contribution in [0, 0.1) is 0 Å². The van der Waals surface area contributed by atoms with Crippen LogP contribution in [0.2, 0.25) is 0 Å². The molecule has 1 fully saturated rings. The maximum atomic E-state index is 12.8. The second kappa shape index (κ2) is 7.80. The first-order chi connectivity index (χ1) is 12.1. The Labute approximate surface area is 148 Å². The highest BCUT2D eigenvalue weighted by Crippen LogP contribution is 2.34. The molecular formula is C19H26N4O2. The monoisotopic (exact) mass is 342 g/mol. The number of aromatic nitrogens is 2. The van der Waals surface area contributed by atoms with Crippen LogP contribution in [0.3, 0.4) is 0 Å². The van der Waals surface area contributed by atoms with Crippen molar-refractivity contribution in [1.29, 1.82) is 0 Å². The maximum Gasteiger partial charge on any atom is 0.241 e. The Morgan fingerprint density at radius 1 is 1.32 bits per heavy atom. The molecular weight excluding hydrogens is 316 g/mol. The molecule has 0 aliphatic carbocycles. The number of ether oxygens (including phenoxy) is 1. The van der Waals surface area contributed by atoms with E-state index < -0.39 is 6.04 Å². The largest absolute Gasteiger partial charge is 0.381 e. The van der Waals surface area contributed by atoms with Crippen molar-refractivity contribution in [2.75, 3.05) is 26.8 Å². The summed E-state index contributed by atoms with van der Waals surface area (Å²) in [6.45, 7) is 2.06. The number of benzene rings is 1. The number of nitrogens with zero attached hydrogens (tertiary/aromatic N) is 2. The summed E-state index contributed by atoms with van der Waals surface area (Å²) >= 11 is 0. The Balaban J connectivity index is 1.73. The van der Waals surface area contributed by atoms with E-state index in [2.05, 4.69) is 40.0 Å². The van der Waals surface area contributed by atoms with Gasteiger partial charge in [0.15, 0.2) is 0 Å². The first kappa shape index (κ1) is 17.6. The van der Waals surface area contributed by atoms with Crippen LogP contribution >= 0.6 is 0 Å². The zero-order valence-electron chi connectivity index (χ0n) is 14.9. The van der Waals surface area contributed by atoms with E-state index in [0.29, 0.717) is 6.54 Å². The van der Waals surface area contributed by atoms with Crippen molar-refractivity contribution >= 4 is 5.91 Å². The van der Waals surface area contributed by atoms with E-state index in [4.69, 9.17) is 4.74 Å². The molecule has 0 spiro atoms. The van der Waals surface area contributed by atoms with Crippen molar-refractivity contribution in [2.45, 2.75) is 24.3 Å². The van der Waals surface area contributed by atoms with Crippen LogP contribution in [0.1, 0.15) is 30.0 Å². The van der Waals surface area contributed by atoms with Gasteiger partial charge in [-0.25, -0.2) is 0 Å². The number of carbonyl (C=O) groups excluding carboxylic acids is 1. The third-order valence-corrected chi connectivity index (χ3v) is 5.05. The predicted molar refractivity (Wildman–Crippen MR) is 96.2 cm³/mol. The number of hydrogen-bond acceptors (Lipinski definition) is 4. The minimum Gasteiger partial charge on any atom is -0.381 e. The molecule has 2 aromatic rings. The third-order valence-electron chi connectivity index (χ3n) is 5.05. The lowest BCUT2D eigenvalue weighted by Gasteiger charge is -2.38. The molecule has 1 unspecified atom stereocenters. The lowest BCUT2D eigenvalue weighted by Crippen LogP contribution is -2.47. The highest BCUT2D eigenvalue weighted by molar-refractivity contribution is 5.83. The smallest absolute Gasteiger partial charge is 0.241 e. The van der Waals surface area contributed by atoms with E-state index in [1.165, 1.54) is 5.56 Å². The summed E-state index contributed by atoms with van der Waals surface area (Å²) in [5.41, 5.74) is 2.06. The maximum absolute atomic E-state index is 12.8. The summed E-state index contributed by atoms with van der Waals surface area (Å²) in [5, 5.41) is 10.4. The molecule has 0 saturated carbocycles. The topological polar surface area (TPSA) is 68.2 Å². The molecule has 0 radical (unpaired) electrons. The SMILES string of the molecule is CNC(C(=O)NCC1(c2ccccc2)CCOCC1)c1cnn(C)c1. The average Bonchev–Trinajstić information content (AvgIpc) is 3.08. The van der Waals surface area contributed by atoms with E-state index in [1.54, 1.807) is 17.9 Å². The number of likely N-dealkylation sites (N-methyl/N-ethyl adjacent to an activating group) is 1. The molecule has 0 bridgehead atoms. The van der Waals surface area contributed by atoms with E-state index in [-0.39, 0.29) is 11.3 Å². The van der Waals surface area contributed by atoms with E-state index in [0.717, 1.165) is 31.6 Å². The molecule has 1 aliphatic rings. The number of amides is 1. The van der Waals surface area contributed by atoms with Gasteiger partial charge in [0.25, 0.3) is 0 Å². The van der Waals surface area contributed by atoms with Gasteiger partial charge in [-0.05, 0) is 25.5 Å². The summed E-state index contributed by atoms with van der Waals surface area (Å²) in [6.07, 6.45) is 5.41. The number of rotatable bonds is 6. The van der Waals surface area contributed by atoms with Crippen LogP contribution in [-0.2, 0) is 22.0 Å². The van der Waals surface area contributed by atoms with Gasteiger partial charge in [-0.2, -0.15) is 5.10 Å². The Morgan fingerprint density at radius 3 is 2.64 bits per heavy atom. The van der Waals surface area contributed by atoms with Crippen molar-refractivity contribution < 1.29 is 9.53 Å². The number of aryl methyl sites for hydroxylation is 1. The molecule has 6 nitrogen and oxygen atoms in total. The van der Waals surface area contributed by atoms with Crippen LogP contribution in [0.4, 0.5) is 0 Å². The summed E-state index contributed by atoms with van der Waals surface area (Å²) in [4.78, 5) is 12.8. The quantitative estimate of drug-likeness (QED) is 0.836. The first-order valence-electron chi connectivity index (χ1n) is 8.71. The summed E-state index contributed by atoms with van der Waals surface area (Å²) in [6, 6.07) is 10.0. The van der Waals surface area contributed by atoms with Gasteiger partial charge in [-0.15, -0.1) is 0 Å². The van der Waals surface area contributed by atoms with Gasteiger partial charge in [0.2, 0.25) is 5.91 Å². The highest BCUT2D eigenvalue weighted by atomic mass is 16.5. The molecule has 2 N–H and O–H groups in total. The zero-order chi connectivity index (χ0) is 17.7. The highest BCUT2D eigenvalue weighted by Gasteiger charge is 2.35. The Hall–Kier alpha value is -2.18. The summed E-state index contributed by atoms with van der Waals surface area (Å²) in [5.74, 6) is -0.0303. The van der Waals surface area contributed by atoms with Crippen LogP contribution in [0.25, 0.3) is 0 Å². The Kier molecular flexibility index (Phi) is 5.50. The Bertz CT molecular complexity index is 692. The molecule has 1 aliphatic heterocycles. The van der Waals surface area contributed by atoms with Crippen LogP contribution in [-0.4, -0.2) is 42.5 Å². The van der Waals surface area contributed by atoms with E-state index >= 15 is 0 Å². The molecule has 1 amide bonds. The molecule has 2 heterocycles. The van der Waals surface area contributed by atoms with Gasteiger partial charge < -0.3 is 15.4 Å². The van der Waals surface area contributed by atoms with Crippen LogP contribution < -0.4 is 10.6 Å². The molecule has 3 rings (SSSR count). The minimum atomic E-state index is -0.402. The fourth-order valence-electron chi connectivity index (χ4n) is 3.52. The number of carbonyl (C=O) groups is 1. The van der Waals surface area contributed by atoms with Crippen molar-refractivity contribution in [2.24, 2.45) is 7.05 Å². The van der Waals surface area contributed by atoms with Crippen molar-refractivity contribution in [3.63, 3.8) is 0 Å². The normalized spacial score (nSPS) is 17.8. The second-order valence-corrected chi connectivity index (χ2v) is 6.65. The second-order valence-electron chi connectivity index (χ2n) is 6.65. The van der Waals surface area contributed by atoms with Crippen LogP contribution in [0.15, 0.2) is 42.7 Å². The van der Waals surface area contributed by atoms with Crippen molar-refractivity contribution in [1.82, 2.24) is 20.4 Å². The number of hydrogen-bond donors (Lipinski definition) is 2. The Morgan fingerprint density at radius 2 is 2.04 bits per heavy atom. The van der Waals surface area contributed by atoms with Crippen molar-refractivity contribution in [3.05, 3.63) is 53.9 Å². The van der Waals surface area contributed by atoms with Crippen molar-refractivity contribution in [3.8, 4) is 0 Å². The van der Waals surface area contributed by atoms with E-state index in [1.807, 2.05) is 19.3 Å². The average molecular weight is 342 g/mol. The minimum absolute atomic E-state index is 0.0303. The lowest BCUT2D eigenvalue weighted by molar-refractivity contribution is -0.123. The zero-order valence-corrected chi connectivity index (χ0v) is 14.9. The van der Waals surface area contributed by atoms with Gasteiger partial charge in [0.05, 0.1) is 6.20 Å². The first-order valence-corrected chi connectivity index (χ1v) is 8.71. The van der Waals surface area contributed by atoms with Crippen LogP contribution in [0.5, 0.6) is 0 Å². The molecule has 1 aromatic heterocycles. The van der Waals surface area contributed by atoms with Gasteiger partial charge >= 0.3 is 0 Å². The molecule has 134 valence electrons. The standard InChI is InChI=1S/C19H26N4O2/c1-20-17(15-12-22-23(2)13-15)18(24)21-14-19(8-10-25-11-9-19)16-6-4-3-5-7-16/h3-7,12-13,17,20H,8-11,14H2,1-2H3,(H,21,24). The fraction of sp³-hybridized carbons (Fsp3) is 0.474. The molecule has 1 aromatic carbocycles. The lowest BCUT2D eigenvalue weighted by atomic mass is 9.74. The number of nitrogens with one attached hydrogen (secondary N) is 2. The fourth-order valence-corrected chi connectivity index (χ4v) is 3.52. The van der Waals surface area contributed by atoms with Gasteiger partial charge in [0, 0.05) is 44.0 Å². The predicted octanol–water partition coefficient (Wildman–Crippen LogP) is 1.55. The third kappa shape index (κ3) is 3.91. The van der Waals surface area contributed by atoms with Gasteiger partial charge in [0.1, 0.15) is 6.04 Å². The summed E-state index contributed by atoms with van der Waals surface area (Å²) < 4.78 is 7.26. The van der Waals surface area contributed by atoms with Gasteiger partial charge in [-0.3, -0.25) is 9.48 Å². The summed E-state index contributed by atoms with van der Waals surface area (Å²) in [7, 11) is 3.64. The van der Waals surface area contributed by atoms with Gasteiger partial charge in [-0.1, -0.05) is 30.3 Å². The molecule has 1 atom stereocenters. The van der Waals surface area contributed by atoms with E-state index in [9.17, 15) is 4.79 Å².